The minimum absolute atomic E-state index is 0.146. The molecule has 0 saturated heterocycles. The molecule has 0 aliphatic rings. The van der Waals surface area contributed by atoms with E-state index in [0.717, 1.165) is 11.4 Å². The molecule has 114 valence electrons. The Bertz CT molecular complexity index is 537. The first-order valence-corrected chi connectivity index (χ1v) is 6.79. The van der Waals surface area contributed by atoms with E-state index in [1.54, 1.807) is 6.20 Å². The summed E-state index contributed by atoms with van der Waals surface area (Å²) in [5, 5.41) is 11.5. The fourth-order valence-electron chi connectivity index (χ4n) is 1.85. The number of benzene rings is 1. The Hall–Kier alpha value is -1.89. The van der Waals surface area contributed by atoms with Crippen molar-refractivity contribution < 1.29 is 13.2 Å². The second-order valence-corrected chi connectivity index (χ2v) is 4.71. The molecule has 2 aromatic rings. The highest BCUT2D eigenvalue weighted by molar-refractivity contribution is 5.28. The smallest absolute Gasteiger partial charge is 0.311 e. The Morgan fingerprint density at radius 3 is 2.57 bits per heavy atom. The van der Waals surface area contributed by atoms with Crippen molar-refractivity contribution in [3.8, 4) is 5.69 Å². The van der Waals surface area contributed by atoms with Gasteiger partial charge in [-0.2, -0.15) is 28.2 Å². The summed E-state index contributed by atoms with van der Waals surface area (Å²) in [7, 11) is 0. The van der Waals surface area contributed by atoms with Crippen LogP contribution in [0, 0.1) is 0 Å². The van der Waals surface area contributed by atoms with Crippen LogP contribution in [0.4, 0.5) is 13.2 Å². The van der Waals surface area contributed by atoms with Crippen LogP contribution in [0.25, 0.3) is 5.69 Å². The van der Waals surface area contributed by atoms with Crippen LogP contribution in [0.15, 0.2) is 36.5 Å². The first-order valence-electron chi connectivity index (χ1n) is 6.79. The molecular weight excluding hydrogens is 281 g/mol. The number of hydrogen-bond donors (Lipinski definition) is 1. The summed E-state index contributed by atoms with van der Waals surface area (Å²) in [6, 6.07) is 9.51. The SMILES string of the molecule is FC(F)(F)CCCCNCc1cnn(-c2ccccc2)n1. The van der Waals surface area contributed by atoms with Gasteiger partial charge >= 0.3 is 6.18 Å². The summed E-state index contributed by atoms with van der Waals surface area (Å²) < 4.78 is 35.9. The number of unbranched alkanes of at least 4 members (excludes halogenated alkanes) is 1. The maximum Gasteiger partial charge on any atom is 0.389 e. The van der Waals surface area contributed by atoms with E-state index in [0.29, 0.717) is 19.5 Å². The average molecular weight is 298 g/mol. The molecule has 1 N–H and O–H groups in total. The van der Waals surface area contributed by atoms with Crippen LogP contribution in [0.5, 0.6) is 0 Å². The highest BCUT2D eigenvalue weighted by atomic mass is 19.4. The Kier molecular flexibility index (Phi) is 5.32. The maximum absolute atomic E-state index is 12.0. The molecule has 0 spiro atoms. The van der Waals surface area contributed by atoms with Crippen LogP contribution in [0.3, 0.4) is 0 Å². The fraction of sp³-hybridized carbons (Fsp3) is 0.429. The second kappa shape index (κ2) is 7.21. The Balaban J connectivity index is 1.69. The van der Waals surface area contributed by atoms with Crippen molar-refractivity contribution in [1.29, 1.82) is 0 Å². The van der Waals surface area contributed by atoms with Gasteiger partial charge < -0.3 is 5.32 Å². The largest absolute Gasteiger partial charge is 0.389 e. The molecule has 0 atom stereocenters. The number of hydrogen-bond acceptors (Lipinski definition) is 3. The van der Waals surface area contributed by atoms with Crippen LogP contribution in [0.1, 0.15) is 25.0 Å². The van der Waals surface area contributed by atoms with Crippen molar-refractivity contribution in [1.82, 2.24) is 20.3 Å². The number of aromatic nitrogens is 3. The van der Waals surface area contributed by atoms with E-state index in [4.69, 9.17) is 0 Å². The van der Waals surface area contributed by atoms with Gasteiger partial charge in [-0.3, -0.25) is 0 Å². The van der Waals surface area contributed by atoms with Crippen LogP contribution in [0.2, 0.25) is 0 Å². The third-order valence-electron chi connectivity index (χ3n) is 2.90. The van der Waals surface area contributed by atoms with Gasteiger partial charge in [-0.25, -0.2) is 0 Å². The maximum atomic E-state index is 12.0. The molecule has 0 amide bonds. The number of rotatable bonds is 7. The van der Waals surface area contributed by atoms with E-state index in [1.807, 2.05) is 30.3 Å². The topological polar surface area (TPSA) is 42.7 Å². The molecule has 0 aliphatic heterocycles. The summed E-state index contributed by atoms with van der Waals surface area (Å²) in [6.45, 7) is 1.03. The molecule has 0 aliphatic carbocycles. The lowest BCUT2D eigenvalue weighted by Gasteiger charge is -2.06. The minimum atomic E-state index is -4.06. The van der Waals surface area contributed by atoms with Crippen molar-refractivity contribution >= 4 is 0 Å². The Morgan fingerprint density at radius 2 is 1.86 bits per heavy atom. The molecule has 1 aromatic carbocycles. The van der Waals surface area contributed by atoms with Gasteiger partial charge in [0.15, 0.2) is 0 Å². The molecule has 2 rings (SSSR count). The zero-order chi connectivity index (χ0) is 15.1. The van der Waals surface area contributed by atoms with E-state index >= 15 is 0 Å². The second-order valence-electron chi connectivity index (χ2n) is 4.71. The molecule has 7 heteroatoms. The van der Waals surface area contributed by atoms with Crippen LogP contribution < -0.4 is 5.32 Å². The van der Waals surface area contributed by atoms with Crippen molar-refractivity contribution in [2.24, 2.45) is 0 Å². The molecular formula is C14H17F3N4. The third kappa shape index (κ3) is 5.55. The highest BCUT2D eigenvalue weighted by Crippen LogP contribution is 2.21. The van der Waals surface area contributed by atoms with Crippen molar-refractivity contribution in [3.05, 3.63) is 42.2 Å². The van der Waals surface area contributed by atoms with Gasteiger partial charge in [-0.1, -0.05) is 18.2 Å². The first kappa shape index (κ1) is 15.5. The van der Waals surface area contributed by atoms with Gasteiger partial charge in [-0.15, -0.1) is 0 Å². The number of para-hydroxylation sites is 1. The van der Waals surface area contributed by atoms with Gasteiger partial charge in [0, 0.05) is 13.0 Å². The van der Waals surface area contributed by atoms with Crippen LogP contribution in [-0.4, -0.2) is 27.7 Å². The summed E-state index contributed by atoms with van der Waals surface area (Å²) in [6.07, 6.45) is -2.49. The van der Waals surface area contributed by atoms with Crippen molar-refractivity contribution in [3.63, 3.8) is 0 Å². The molecule has 0 bridgehead atoms. The number of nitrogens with one attached hydrogen (secondary N) is 1. The molecule has 0 saturated carbocycles. The predicted molar refractivity (Wildman–Crippen MR) is 73.0 cm³/mol. The number of nitrogens with zero attached hydrogens (tertiary/aromatic N) is 3. The zero-order valence-electron chi connectivity index (χ0n) is 11.5. The molecule has 0 unspecified atom stereocenters. The minimum Gasteiger partial charge on any atom is -0.311 e. The van der Waals surface area contributed by atoms with Gasteiger partial charge in [0.1, 0.15) is 0 Å². The van der Waals surface area contributed by atoms with Crippen molar-refractivity contribution in [2.75, 3.05) is 6.54 Å². The van der Waals surface area contributed by atoms with E-state index < -0.39 is 12.6 Å². The number of halogens is 3. The van der Waals surface area contributed by atoms with Gasteiger partial charge in [0.2, 0.25) is 0 Å². The normalized spacial score (nSPS) is 11.8. The standard InChI is InChI=1S/C14H17F3N4/c15-14(16,17)8-4-5-9-18-10-12-11-19-21(20-12)13-6-2-1-3-7-13/h1-3,6-7,11,18H,4-5,8-10H2. The molecule has 21 heavy (non-hydrogen) atoms. The van der Waals surface area contributed by atoms with Crippen LogP contribution >= 0.6 is 0 Å². The summed E-state index contributed by atoms with van der Waals surface area (Å²) in [5.74, 6) is 0. The lowest BCUT2D eigenvalue weighted by atomic mass is 10.2. The summed E-state index contributed by atoms with van der Waals surface area (Å²) in [5.41, 5.74) is 1.63. The summed E-state index contributed by atoms with van der Waals surface area (Å²) in [4.78, 5) is 1.53. The molecule has 4 nitrogen and oxygen atoms in total. The zero-order valence-corrected chi connectivity index (χ0v) is 11.5. The quantitative estimate of drug-likeness (QED) is 0.799. The van der Waals surface area contributed by atoms with Crippen LogP contribution in [-0.2, 0) is 6.54 Å². The van der Waals surface area contributed by atoms with E-state index in [9.17, 15) is 13.2 Å². The van der Waals surface area contributed by atoms with Gasteiger partial charge in [0.25, 0.3) is 0 Å². The average Bonchev–Trinajstić information content (AvgIpc) is 2.91. The Labute approximate surface area is 121 Å². The molecule has 0 fully saturated rings. The Morgan fingerprint density at radius 1 is 1.10 bits per heavy atom. The molecule has 1 aromatic heterocycles. The lowest BCUT2D eigenvalue weighted by Crippen LogP contribution is -2.16. The fourth-order valence-corrected chi connectivity index (χ4v) is 1.85. The third-order valence-corrected chi connectivity index (χ3v) is 2.90. The van der Waals surface area contributed by atoms with E-state index in [1.165, 1.54) is 4.80 Å². The van der Waals surface area contributed by atoms with Gasteiger partial charge in [0.05, 0.1) is 17.6 Å². The monoisotopic (exact) mass is 298 g/mol. The van der Waals surface area contributed by atoms with E-state index in [-0.39, 0.29) is 6.42 Å². The predicted octanol–water partition coefficient (Wildman–Crippen LogP) is 3.09. The summed E-state index contributed by atoms with van der Waals surface area (Å²) >= 11 is 0. The molecule has 1 heterocycles. The van der Waals surface area contributed by atoms with Gasteiger partial charge in [-0.05, 0) is 31.5 Å². The van der Waals surface area contributed by atoms with E-state index in [2.05, 4.69) is 15.5 Å². The highest BCUT2D eigenvalue weighted by Gasteiger charge is 2.25. The van der Waals surface area contributed by atoms with Crippen molar-refractivity contribution in [2.45, 2.75) is 32.0 Å². The first-order chi connectivity index (χ1) is 10.0. The molecule has 0 radical (unpaired) electrons. The number of alkyl halides is 3. The lowest BCUT2D eigenvalue weighted by molar-refractivity contribution is -0.135.